The van der Waals surface area contributed by atoms with Crippen molar-refractivity contribution in [3.63, 3.8) is 0 Å². The van der Waals surface area contributed by atoms with Crippen molar-refractivity contribution >= 4 is 6.03 Å². The number of nitrogens with one attached hydrogen (secondary N) is 1. The molecule has 2 saturated heterocycles. The molecule has 3 aromatic carbocycles. The number of aryl methyl sites for hydroxylation is 1. The fourth-order valence-electron chi connectivity index (χ4n) is 5.73. The van der Waals surface area contributed by atoms with Gasteiger partial charge in [-0.15, -0.1) is 0 Å². The Labute approximate surface area is 233 Å². The molecule has 2 aliphatic rings. The Morgan fingerprint density at radius 1 is 0.925 bits per heavy atom. The third kappa shape index (κ3) is 6.32. The van der Waals surface area contributed by atoms with Crippen molar-refractivity contribution in [2.75, 3.05) is 46.3 Å². The highest BCUT2D eigenvalue weighted by molar-refractivity contribution is 5.66. The van der Waals surface area contributed by atoms with Gasteiger partial charge >= 0.3 is 6.03 Å². The molecular formula is C31H36F3N4O2+. The van der Waals surface area contributed by atoms with E-state index in [9.17, 15) is 18.0 Å². The molecule has 0 spiro atoms. The standard InChI is InChI=1S/C31H35F3N4O2/c1-22-5-3-4-6-26(22)24-11-17-38(18-12-24,31(39)35-37-15-13-36(2)14-16-37)21-23-7-9-25(10-8-23)40-30-20-28(33)27(32)19-29(30)34/h3-10,19-20,24H,11-18,21H2,1-2H3/p+1. The number of amides is 2. The first-order valence-corrected chi connectivity index (χ1v) is 13.8. The van der Waals surface area contributed by atoms with Crippen LogP contribution >= 0.6 is 0 Å². The number of quaternary nitrogens is 1. The number of hydrogen-bond acceptors (Lipinski definition) is 4. The van der Waals surface area contributed by atoms with Crippen LogP contribution in [-0.2, 0) is 6.54 Å². The lowest BCUT2D eigenvalue weighted by molar-refractivity contribution is -0.870. The molecule has 9 heteroatoms. The fraction of sp³-hybridized carbons (Fsp3) is 0.387. The highest BCUT2D eigenvalue weighted by Gasteiger charge is 2.42. The molecule has 0 aliphatic carbocycles. The van der Waals surface area contributed by atoms with Crippen LogP contribution in [-0.4, -0.2) is 66.7 Å². The number of hydrogen-bond donors (Lipinski definition) is 1. The van der Waals surface area contributed by atoms with Gasteiger partial charge in [0.15, 0.2) is 23.2 Å². The zero-order chi connectivity index (χ0) is 28.3. The number of hydrazine groups is 1. The predicted molar refractivity (Wildman–Crippen MR) is 147 cm³/mol. The molecular weight excluding hydrogens is 517 g/mol. The summed E-state index contributed by atoms with van der Waals surface area (Å²) in [4.78, 5) is 16.1. The number of carbonyl (C=O) groups is 1. The monoisotopic (exact) mass is 553 g/mol. The van der Waals surface area contributed by atoms with Crippen molar-refractivity contribution in [3.8, 4) is 11.5 Å². The van der Waals surface area contributed by atoms with Crippen molar-refractivity contribution in [2.24, 2.45) is 0 Å². The summed E-state index contributed by atoms with van der Waals surface area (Å²) in [5.74, 6) is -3.12. The van der Waals surface area contributed by atoms with Crippen LogP contribution in [0.4, 0.5) is 18.0 Å². The van der Waals surface area contributed by atoms with Gasteiger partial charge in [-0.05, 0) is 55.3 Å². The second-order valence-corrected chi connectivity index (χ2v) is 11.0. The van der Waals surface area contributed by atoms with Gasteiger partial charge in [0, 0.05) is 56.7 Å². The molecule has 0 radical (unpaired) electrons. The summed E-state index contributed by atoms with van der Waals surface area (Å²) in [6, 6.07) is 16.6. The average Bonchev–Trinajstić information content (AvgIpc) is 2.95. The van der Waals surface area contributed by atoms with E-state index in [2.05, 4.69) is 48.6 Å². The Hall–Kier alpha value is -3.40. The highest BCUT2D eigenvalue weighted by Crippen LogP contribution is 2.35. The number of likely N-dealkylation sites (N-methyl/N-ethyl adjacent to an activating group) is 1. The molecule has 0 unspecified atom stereocenters. The zero-order valence-electron chi connectivity index (χ0n) is 23.0. The van der Waals surface area contributed by atoms with Gasteiger partial charge in [-0.3, -0.25) is 0 Å². The van der Waals surface area contributed by atoms with Gasteiger partial charge in [0.25, 0.3) is 0 Å². The van der Waals surface area contributed by atoms with E-state index in [1.54, 1.807) is 12.1 Å². The van der Waals surface area contributed by atoms with Crippen LogP contribution in [0.15, 0.2) is 60.7 Å². The van der Waals surface area contributed by atoms with Crippen LogP contribution in [0, 0.1) is 24.4 Å². The van der Waals surface area contributed by atoms with Crippen LogP contribution in [0.2, 0.25) is 0 Å². The second kappa shape index (κ2) is 12.0. The second-order valence-electron chi connectivity index (χ2n) is 11.0. The van der Waals surface area contributed by atoms with Crippen LogP contribution < -0.4 is 10.2 Å². The molecule has 0 saturated carbocycles. The molecule has 3 aromatic rings. The number of benzene rings is 3. The van der Waals surface area contributed by atoms with Gasteiger partial charge in [0.2, 0.25) is 0 Å². The minimum absolute atomic E-state index is 0.00280. The summed E-state index contributed by atoms with van der Waals surface area (Å²) in [6.45, 7) is 7.40. The first-order chi connectivity index (χ1) is 19.2. The molecule has 0 bridgehead atoms. The third-order valence-electron chi connectivity index (χ3n) is 8.24. The topological polar surface area (TPSA) is 44.8 Å². The van der Waals surface area contributed by atoms with E-state index in [0.29, 0.717) is 43.4 Å². The molecule has 2 amide bonds. The van der Waals surface area contributed by atoms with Crippen molar-refractivity contribution in [1.29, 1.82) is 0 Å². The van der Waals surface area contributed by atoms with E-state index < -0.39 is 17.5 Å². The quantitative estimate of drug-likeness (QED) is 0.302. The molecule has 1 N–H and O–H groups in total. The SMILES string of the molecule is Cc1ccccc1C1CC[N+](Cc2ccc(Oc3cc(F)c(F)cc3F)cc2)(C(=O)NN2CCN(C)CC2)CC1. The summed E-state index contributed by atoms with van der Waals surface area (Å²) in [6.07, 6.45) is 1.80. The normalized spacial score (nSPS) is 22.2. The summed E-state index contributed by atoms with van der Waals surface area (Å²) >= 11 is 0. The number of piperazine rings is 1. The Morgan fingerprint density at radius 2 is 1.57 bits per heavy atom. The average molecular weight is 554 g/mol. The molecule has 40 heavy (non-hydrogen) atoms. The van der Waals surface area contributed by atoms with Gasteiger partial charge in [0.05, 0.1) is 13.1 Å². The van der Waals surface area contributed by atoms with Crippen LogP contribution in [0.1, 0.15) is 35.4 Å². The largest absolute Gasteiger partial charge is 0.454 e. The van der Waals surface area contributed by atoms with Crippen LogP contribution in [0.25, 0.3) is 0 Å². The lowest BCUT2D eigenvalue weighted by atomic mass is 9.85. The molecule has 0 aromatic heterocycles. The number of carbonyl (C=O) groups excluding carboxylic acids is 1. The highest BCUT2D eigenvalue weighted by atomic mass is 19.2. The lowest BCUT2D eigenvalue weighted by Gasteiger charge is -2.43. The van der Waals surface area contributed by atoms with E-state index in [0.717, 1.165) is 44.6 Å². The maximum atomic E-state index is 14.1. The number of ether oxygens (including phenoxy) is 1. The van der Waals surface area contributed by atoms with E-state index in [1.165, 1.54) is 11.1 Å². The van der Waals surface area contributed by atoms with Gasteiger partial charge in [-0.25, -0.2) is 32.9 Å². The molecule has 2 heterocycles. The number of likely N-dealkylation sites (tertiary alicyclic amines) is 1. The summed E-state index contributed by atoms with van der Waals surface area (Å²) in [5.41, 5.74) is 6.77. The smallest absolute Gasteiger partial charge is 0.431 e. The molecule has 0 atom stereocenters. The number of halogens is 3. The van der Waals surface area contributed by atoms with E-state index in [1.807, 2.05) is 17.1 Å². The number of piperidine rings is 1. The fourth-order valence-corrected chi connectivity index (χ4v) is 5.73. The summed E-state index contributed by atoms with van der Waals surface area (Å²) in [5, 5.41) is 2.02. The summed E-state index contributed by atoms with van der Waals surface area (Å²) in [7, 11) is 2.08. The maximum absolute atomic E-state index is 14.1. The molecule has 212 valence electrons. The molecule has 5 rings (SSSR count). The van der Waals surface area contributed by atoms with Crippen molar-refractivity contribution in [1.82, 2.24) is 15.3 Å². The Kier molecular flexibility index (Phi) is 8.44. The lowest BCUT2D eigenvalue weighted by Crippen LogP contribution is -2.64. The number of rotatable bonds is 6. The number of urea groups is 1. The predicted octanol–water partition coefficient (Wildman–Crippen LogP) is 5.97. The van der Waals surface area contributed by atoms with E-state index in [-0.39, 0.29) is 16.3 Å². The Balaban J connectivity index is 1.32. The van der Waals surface area contributed by atoms with Gasteiger partial charge in [-0.2, -0.15) is 0 Å². The third-order valence-corrected chi connectivity index (χ3v) is 8.24. The van der Waals surface area contributed by atoms with Crippen LogP contribution in [0.3, 0.4) is 0 Å². The molecule has 2 aliphatic heterocycles. The minimum atomic E-state index is -1.27. The Morgan fingerprint density at radius 3 is 2.25 bits per heavy atom. The maximum Gasteiger partial charge on any atom is 0.431 e. The Bertz CT molecular complexity index is 1330. The van der Waals surface area contributed by atoms with Gasteiger partial charge < -0.3 is 9.64 Å². The zero-order valence-corrected chi connectivity index (χ0v) is 23.0. The van der Waals surface area contributed by atoms with Gasteiger partial charge in [-0.1, -0.05) is 24.3 Å². The summed E-state index contributed by atoms with van der Waals surface area (Å²) < 4.78 is 46.7. The van der Waals surface area contributed by atoms with Gasteiger partial charge in [0.1, 0.15) is 12.3 Å². The number of nitrogens with zero attached hydrogens (tertiary/aromatic N) is 3. The van der Waals surface area contributed by atoms with Crippen molar-refractivity contribution in [2.45, 2.75) is 32.2 Å². The minimum Gasteiger partial charge on any atom is -0.454 e. The first kappa shape index (κ1) is 28.1. The molecule has 6 nitrogen and oxygen atoms in total. The van der Waals surface area contributed by atoms with Crippen molar-refractivity contribution < 1.29 is 27.2 Å². The van der Waals surface area contributed by atoms with E-state index in [4.69, 9.17) is 4.74 Å². The first-order valence-electron chi connectivity index (χ1n) is 13.8. The van der Waals surface area contributed by atoms with Crippen LogP contribution in [0.5, 0.6) is 11.5 Å². The van der Waals surface area contributed by atoms with E-state index >= 15 is 0 Å². The van der Waals surface area contributed by atoms with Crippen molar-refractivity contribution in [3.05, 3.63) is 94.8 Å². The molecule has 2 fully saturated rings.